The van der Waals surface area contributed by atoms with Crippen LogP contribution in [0.25, 0.3) is 0 Å². The van der Waals surface area contributed by atoms with Gasteiger partial charge in [-0.15, -0.1) is 0 Å². The van der Waals surface area contributed by atoms with E-state index in [1.54, 1.807) is 0 Å². The fraction of sp³-hybridized carbons (Fsp3) is 0.769. The molecule has 4 nitrogen and oxygen atoms in total. The van der Waals surface area contributed by atoms with Crippen molar-refractivity contribution < 1.29 is 18.7 Å². The number of hydrogen-bond acceptors (Lipinski definition) is 4. The molecular formula is C26H48O4Si2. The van der Waals surface area contributed by atoms with Crippen molar-refractivity contribution in [2.75, 3.05) is 0 Å². The van der Waals surface area contributed by atoms with E-state index in [1.807, 2.05) is 25.1 Å². The summed E-state index contributed by atoms with van der Waals surface area (Å²) < 4.78 is 20.0. The molecule has 0 spiro atoms. The van der Waals surface area contributed by atoms with Crippen LogP contribution in [0.4, 0.5) is 0 Å². The second-order valence-corrected chi connectivity index (χ2v) is 22.4. The molecule has 0 heterocycles. The minimum atomic E-state index is -2.08. The maximum Gasteiger partial charge on any atom is 0.192 e. The second-order valence-electron chi connectivity index (χ2n) is 12.8. The van der Waals surface area contributed by atoms with Crippen LogP contribution in [0.2, 0.25) is 36.3 Å². The van der Waals surface area contributed by atoms with Crippen LogP contribution in [-0.4, -0.2) is 45.7 Å². The number of hydrogen-bond donors (Lipinski definition) is 1. The fourth-order valence-corrected chi connectivity index (χ4v) is 6.38. The van der Waals surface area contributed by atoms with Gasteiger partial charge in [-0.3, -0.25) is 0 Å². The zero-order chi connectivity index (χ0) is 24.6. The van der Waals surface area contributed by atoms with E-state index in [9.17, 15) is 5.11 Å². The summed E-state index contributed by atoms with van der Waals surface area (Å²) in [6.45, 7) is 24.9. The Morgan fingerprint density at radius 3 is 1.62 bits per heavy atom. The van der Waals surface area contributed by atoms with Crippen molar-refractivity contribution in [2.24, 2.45) is 0 Å². The molecule has 0 amide bonds. The highest BCUT2D eigenvalue weighted by atomic mass is 28.4. The van der Waals surface area contributed by atoms with Gasteiger partial charge in [-0.2, -0.15) is 0 Å². The smallest absolute Gasteiger partial charge is 0.192 e. The van der Waals surface area contributed by atoms with Gasteiger partial charge in [0.05, 0.1) is 24.9 Å². The Morgan fingerprint density at radius 1 is 0.844 bits per heavy atom. The first kappa shape index (κ1) is 27.7. The molecule has 4 atom stereocenters. The predicted molar refractivity (Wildman–Crippen MR) is 139 cm³/mol. The lowest BCUT2D eigenvalue weighted by Gasteiger charge is -2.52. The number of aliphatic hydroxyl groups is 1. The summed E-state index contributed by atoms with van der Waals surface area (Å²) in [5.41, 5.74) is 0.103. The second kappa shape index (κ2) is 9.63. The summed E-state index contributed by atoms with van der Waals surface area (Å²) in [6, 6.07) is 10.3. The molecule has 0 bridgehead atoms. The minimum Gasteiger partial charge on any atom is -0.411 e. The van der Waals surface area contributed by atoms with Crippen LogP contribution in [0.5, 0.6) is 0 Å². The summed E-state index contributed by atoms with van der Waals surface area (Å²) >= 11 is 0. The number of ether oxygens (including phenoxy) is 1. The average Bonchev–Trinajstić information content (AvgIpc) is 2.62. The van der Waals surface area contributed by atoms with Gasteiger partial charge in [0.25, 0.3) is 0 Å². The molecule has 1 aliphatic carbocycles. The molecule has 0 aliphatic heterocycles. The molecule has 6 heteroatoms. The van der Waals surface area contributed by atoms with Gasteiger partial charge in [-0.25, -0.2) is 0 Å². The standard InChI is InChI=1S/C26H48O4Si2/c1-24(2,3)31(8,9)29-22-17-21(28-19-20-15-13-12-14-16-20)18-23(26(22,7)27)30-32(10,11)25(4,5)6/h12-16,21-23,27H,17-19H2,1-11H3/t21?,22-,23+,26?. The Morgan fingerprint density at radius 2 is 1.25 bits per heavy atom. The monoisotopic (exact) mass is 480 g/mol. The molecule has 32 heavy (non-hydrogen) atoms. The first-order chi connectivity index (χ1) is 14.4. The van der Waals surface area contributed by atoms with E-state index in [0.29, 0.717) is 19.4 Å². The molecule has 1 saturated carbocycles. The van der Waals surface area contributed by atoms with E-state index in [0.717, 1.165) is 5.56 Å². The van der Waals surface area contributed by atoms with Crippen LogP contribution in [0.1, 0.15) is 66.9 Å². The van der Waals surface area contributed by atoms with Crippen LogP contribution in [0.15, 0.2) is 30.3 Å². The average molecular weight is 481 g/mol. The van der Waals surface area contributed by atoms with Crippen LogP contribution >= 0.6 is 0 Å². The predicted octanol–water partition coefficient (Wildman–Crippen LogP) is 6.90. The third kappa shape index (κ3) is 6.54. The molecule has 0 aromatic heterocycles. The molecule has 0 saturated heterocycles. The normalized spacial score (nSPS) is 28.1. The summed E-state index contributed by atoms with van der Waals surface area (Å²) in [4.78, 5) is 0. The van der Waals surface area contributed by atoms with Gasteiger partial charge in [-0.1, -0.05) is 71.9 Å². The van der Waals surface area contributed by atoms with Crippen molar-refractivity contribution in [1.29, 1.82) is 0 Å². The molecule has 1 aromatic carbocycles. The molecule has 1 N–H and O–H groups in total. The van der Waals surface area contributed by atoms with E-state index in [4.69, 9.17) is 13.6 Å². The molecule has 2 rings (SSSR count). The van der Waals surface area contributed by atoms with E-state index in [-0.39, 0.29) is 28.4 Å². The Kier molecular flexibility index (Phi) is 8.34. The molecule has 1 aromatic rings. The maximum absolute atomic E-state index is 11.8. The topological polar surface area (TPSA) is 47.9 Å². The van der Waals surface area contributed by atoms with E-state index >= 15 is 0 Å². The molecule has 184 valence electrons. The molecule has 1 aliphatic rings. The third-order valence-corrected chi connectivity index (χ3v) is 17.0. The van der Waals surface area contributed by atoms with Gasteiger partial charge in [0.1, 0.15) is 5.60 Å². The van der Waals surface area contributed by atoms with Crippen LogP contribution in [0.3, 0.4) is 0 Å². The quantitative estimate of drug-likeness (QED) is 0.431. The molecule has 1 fully saturated rings. The summed E-state index contributed by atoms with van der Waals surface area (Å²) in [5, 5.41) is 11.9. The number of benzene rings is 1. The first-order valence-corrected chi connectivity index (χ1v) is 17.9. The highest BCUT2D eigenvalue weighted by Crippen LogP contribution is 2.45. The molecular weight excluding hydrogens is 432 g/mol. The van der Waals surface area contributed by atoms with Crippen molar-refractivity contribution >= 4 is 16.6 Å². The van der Waals surface area contributed by atoms with E-state index in [2.05, 4.69) is 79.9 Å². The van der Waals surface area contributed by atoms with E-state index < -0.39 is 22.2 Å². The zero-order valence-corrected chi connectivity index (χ0v) is 24.4. The van der Waals surface area contributed by atoms with Gasteiger partial charge in [0.2, 0.25) is 0 Å². The highest BCUT2D eigenvalue weighted by molar-refractivity contribution is 6.74. The maximum atomic E-state index is 11.8. The van der Waals surface area contributed by atoms with Gasteiger partial charge < -0.3 is 18.7 Å². The largest absolute Gasteiger partial charge is 0.411 e. The van der Waals surface area contributed by atoms with Crippen molar-refractivity contribution in [3.8, 4) is 0 Å². The van der Waals surface area contributed by atoms with Gasteiger partial charge in [0, 0.05) is 12.8 Å². The van der Waals surface area contributed by atoms with Crippen molar-refractivity contribution in [3.05, 3.63) is 35.9 Å². The summed E-state index contributed by atoms with van der Waals surface area (Å²) in [5.74, 6) is 0. The number of rotatable bonds is 7. The summed E-state index contributed by atoms with van der Waals surface area (Å²) in [7, 11) is -4.16. The first-order valence-electron chi connectivity index (χ1n) is 12.1. The van der Waals surface area contributed by atoms with Crippen LogP contribution in [0, 0.1) is 0 Å². The molecule has 0 radical (unpaired) electrons. The van der Waals surface area contributed by atoms with E-state index in [1.165, 1.54) is 0 Å². The molecule has 2 unspecified atom stereocenters. The zero-order valence-electron chi connectivity index (χ0n) is 22.4. The Balaban J connectivity index is 2.30. The van der Waals surface area contributed by atoms with Crippen LogP contribution in [-0.2, 0) is 20.2 Å². The van der Waals surface area contributed by atoms with Gasteiger partial charge in [-0.05, 0) is 48.8 Å². The minimum absolute atomic E-state index is 0.0139. The SMILES string of the molecule is CC1(O)[C@@H](O[Si](C)(C)C(C)(C)C)CC(OCc2ccccc2)C[C@H]1O[Si](C)(C)C(C)(C)C. The lowest BCUT2D eigenvalue weighted by Crippen LogP contribution is -2.63. The highest BCUT2D eigenvalue weighted by Gasteiger charge is 2.53. The fourth-order valence-electron chi connectivity index (χ4n) is 3.58. The lowest BCUT2D eigenvalue weighted by atomic mass is 9.79. The third-order valence-electron chi connectivity index (χ3n) is 8.07. The van der Waals surface area contributed by atoms with Gasteiger partial charge in [0.15, 0.2) is 16.6 Å². The van der Waals surface area contributed by atoms with Crippen molar-refractivity contribution in [3.63, 3.8) is 0 Å². The van der Waals surface area contributed by atoms with Crippen molar-refractivity contribution in [2.45, 2.75) is 128 Å². The van der Waals surface area contributed by atoms with Gasteiger partial charge >= 0.3 is 0 Å². The lowest BCUT2D eigenvalue weighted by molar-refractivity contribution is -0.178. The van der Waals surface area contributed by atoms with Crippen molar-refractivity contribution in [1.82, 2.24) is 0 Å². The van der Waals surface area contributed by atoms with Crippen LogP contribution < -0.4 is 0 Å². The summed E-state index contributed by atoms with van der Waals surface area (Å²) in [6.07, 6.45) is 0.730. The Bertz CT molecular complexity index is 692. The Hall–Kier alpha value is -0.506. The Labute approximate surface area is 199 Å².